The minimum Gasteiger partial charge on any atom is -0.505 e. The van der Waals surface area contributed by atoms with Gasteiger partial charge >= 0.3 is 5.97 Å². The summed E-state index contributed by atoms with van der Waals surface area (Å²) in [6, 6.07) is 19.6. The number of nitrogens with one attached hydrogen (secondary N) is 2. The fraction of sp³-hybridized carbons (Fsp3) is 0.0789. The smallest absolute Gasteiger partial charge is 0.355 e. The number of rotatable bonds is 13. The highest BCUT2D eigenvalue weighted by Gasteiger charge is 2.41. The molecule has 1 aliphatic rings. The summed E-state index contributed by atoms with van der Waals surface area (Å²) in [6.45, 7) is 1.62. The first-order chi connectivity index (χ1) is 29.6. The van der Waals surface area contributed by atoms with Gasteiger partial charge in [0.15, 0.2) is 5.71 Å². The Kier molecular flexibility index (Phi) is 11.4. The normalized spacial score (nSPS) is 14.8. The summed E-state index contributed by atoms with van der Waals surface area (Å²) < 4.78 is 108. The minimum atomic E-state index is -5.06. The Bertz CT molecular complexity index is 3340. The second-order valence-corrected chi connectivity index (χ2v) is 17.6. The maximum atomic E-state index is 13.2. The fourth-order valence-electron chi connectivity index (χ4n) is 6.38. The number of aliphatic carboxylic acids is 1. The lowest BCUT2D eigenvalue weighted by Crippen LogP contribution is -2.33. The summed E-state index contributed by atoms with van der Waals surface area (Å²) in [5.41, 5.74) is 4.66. The lowest BCUT2D eigenvalue weighted by atomic mass is 10.1. The third kappa shape index (κ3) is 8.85. The number of amides is 1. The molecule has 63 heavy (non-hydrogen) atoms. The van der Waals surface area contributed by atoms with Crippen molar-refractivity contribution in [1.29, 1.82) is 0 Å². The van der Waals surface area contributed by atoms with Crippen LogP contribution >= 0.6 is 0 Å². The number of aromatic hydroxyl groups is 1. The van der Waals surface area contributed by atoms with Gasteiger partial charge in [-0.3, -0.25) is 29.3 Å². The summed E-state index contributed by atoms with van der Waals surface area (Å²) in [5.74, 6) is -3.16. The number of hydrogen-bond acceptors (Lipinski definition) is 17. The molecule has 1 amide bonds. The van der Waals surface area contributed by atoms with E-state index in [0.29, 0.717) is 16.0 Å². The molecule has 0 bridgehead atoms. The second kappa shape index (κ2) is 16.5. The highest BCUT2D eigenvalue weighted by Crippen LogP contribution is 2.42. The number of anilines is 3. The third-order valence-electron chi connectivity index (χ3n) is 9.36. The molecule has 0 radical (unpaired) electrons. The number of phenols is 1. The van der Waals surface area contributed by atoms with E-state index in [2.05, 4.69) is 36.4 Å². The number of carbonyl (C=O) groups excluding carboxylic acids is 1. The molecule has 1 atom stereocenters. The maximum Gasteiger partial charge on any atom is 0.355 e. The second-order valence-electron chi connectivity index (χ2n) is 13.4. The number of aryl methyl sites for hydroxylation is 1. The summed E-state index contributed by atoms with van der Waals surface area (Å²) in [5, 5.41) is 42.4. The highest BCUT2D eigenvalue weighted by atomic mass is 32.2. The summed E-state index contributed by atoms with van der Waals surface area (Å²) >= 11 is 0. The minimum absolute atomic E-state index is 0.000686. The van der Waals surface area contributed by atoms with Gasteiger partial charge in [0.1, 0.15) is 32.7 Å². The van der Waals surface area contributed by atoms with E-state index in [-0.39, 0.29) is 50.3 Å². The first kappa shape index (κ1) is 43.7. The van der Waals surface area contributed by atoms with Crippen molar-refractivity contribution in [1.82, 2.24) is 0 Å². The monoisotopic (exact) mass is 918 g/mol. The number of methoxy groups -OCH3 is 1. The predicted molar refractivity (Wildman–Crippen MR) is 225 cm³/mol. The standard InChI is InChI=1S/C38H30N8O14S3/c1-19-15-29(30(60-2)18-28(19)41-40-27-14-7-20-5-3-4-6-26(20)36(27)63(57,58)59)42-43-32-31(62(54,55)56)17-21-16-22(8-13-25(21)35(32)47)39-44-33-34(38(49)50)45-46(37(33)48)23-9-11-24(12-10-23)61(51,52)53/h3-18,33,42-43,47H,1-2H3,(H,49,50)(H,51,52,53)(H,54,55,56)(H,57,58,59)/b41-40+,44-39+. The largest absolute Gasteiger partial charge is 0.505 e. The molecule has 7 N–H and O–H groups in total. The van der Waals surface area contributed by atoms with Crippen LogP contribution in [0.15, 0.2) is 137 Å². The molecule has 0 aliphatic carbocycles. The van der Waals surface area contributed by atoms with Gasteiger partial charge in [-0.15, -0.1) is 5.11 Å². The van der Waals surface area contributed by atoms with Gasteiger partial charge in [-0.2, -0.15) is 50.7 Å². The molecular weight excluding hydrogens is 889 g/mol. The van der Waals surface area contributed by atoms with Gasteiger partial charge < -0.3 is 14.9 Å². The van der Waals surface area contributed by atoms with Crippen molar-refractivity contribution < 1.29 is 63.5 Å². The van der Waals surface area contributed by atoms with Gasteiger partial charge in [0.2, 0.25) is 6.04 Å². The predicted octanol–water partition coefficient (Wildman–Crippen LogP) is 6.55. The van der Waals surface area contributed by atoms with Crippen LogP contribution in [-0.4, -0.2) is 79.9 Å². The topological polar surface area (TPSA) is 336 Å². The Morgan fingerprint density at radius 2 is 1.46 bits per heavy atom. The van der Waals surface area contributed by atoms with E-state index in [1.807, 2.05) is 0 Å². The van der Waals surface area contributed by atoms with Crippen LogP contribution in [0.2, 0.25) is 0 Å². The molecule has 25 heteroatoms. The number of nitrogens with zero attached hydrogens (tertiary/aromatic N) is 6. The lowest BCUT2D eigenvalue weighted by Gasteiger charge is -2.18. The summed E-state index contributed by atoms with van der Waals surface area (Å²) in [6.07, 6.45) is 0. The quantitative estimate of drug-likeness (QED) is 0.0279. The number of fused-ring (bicyclic) bond motifs is 2. The van der Waals surface area contributed by atoms with Gasteiger partial charge in [0, 0.05) is 16.8 Å². The number of ether oxygens (including phenoxy) is 1. The highest BCUT2D eigenvalue weighted by molar-refractivity contribution is 7.86. The number of hydrogen-bond donors (Lipinski definition) is 7. The van der Waals surface area contributed by atoms with Gasteiger partial charge in [0.25, 0.3) is 36.3 Å². The number of hydrazone groups is 1. The maximum absolute atomic E-state index is 13.2. The van der Waals surface area contributed by atoms with E-state index in [0.717, 1.165) is 30.3 Å². The van der Waals surface area contributed by atoms with E-state index in [9.17, 15) is 58.7 Å². The molecule has 324 valence electrons. The van der Waals surface area contributed by atoms with Gasteiger partial charge in [-0.1, -0.05) is 30.3 Å². The van der Waals surface area contributed by atoms with Crippen LogP contribution in [-0.2, 0) is 39.9 Å². The SMILES string of the molecule is COc1cc(/N=N/c2ccc3ccccc3c2S(=O)(=O)O)c(C)cc1NNc1c(S(=O)(=O)O)cc2cc(/N=N/C3C(=O)N(c4ccc(S(=O)(=O)O)cc4)N=C3C(=O)O)ccc2c1O. The molecule has 1 aliphatic heterocycles. The fourth-order valence-corrected chi connectivity index (χ4v) is 8.38. The van der Waals surface area contributed by atoms with Gasteiger partial charge in [0.05, 0.1) is 34.8 Å². The van der Waals surface area contributed by atoms with E-state index >= 15 is 0 Å². The number of hydrazine groups is 1. The molecule has 1 heterocycles. The van der Waals surface area contributed by atoms with Crippen LogP contribution in [0.1, 0.15) is 5.56 Å². The van der Waals surface area contributed by atoms with Crippen molar-refractivity contribution in [3.63, 3.8) is 0 Å². The molecule has 0 aromatic heterocycles. The van der Waals surface area contributed by atoms with Crippen molar-refractivity contribution in [2.75, 3.05) is 23.0 Å². The van der Waals surface area contributed by atoms with E-state index < -0.39 is 80.1 Å². The van der Waals surface area contributed by atoms with Crippen LogP contribution in [0.5, 0.6) is 11.5 Å². The molecule has 0 saturated heterocycles. The molecule has 6 aromatic carbocycles. The zero-order valence-electron chi connectivity index (χ0n) is 32.1. The summed E-state index contributed by atoms with van der Waals surface area (Å²) in [4.78, 5) is 23.5. The average Bonchev–Trinajstić information content (AvgIpc) is 3.56. The van der Waals surface area contributed by atoms with Gasteiger partial charge in [-0.05, 0) is 83.9 Å². The van der Waals surface area contributed by atoms with E-state index in [1.165, 1.54) is 49.6 Å². The number of carboxylic acids is 1. The van der Waals surface area contributed by atoms with Crippen LogP contribution in [0.3, 0.4) is 0 Å². The van der Waals surface area contributed by atoms with Crippen LogP contribution < -0.4 is 20.6 Å². The molecule has 0 fully saturated rings. The number of benzene rings is 6. The number of azo groups is 2. The van der Waals surface area contributed by atoms with Crippen molar-refractivity contribution in [2.24, 2.45) is 25.6 Å². The van der Waals surface area contributed by atoms with Crippen molar-refractivity contribution in [2.45, 2.75) is 27.7 Å². The van der Waals surface area contributed by atoms with Crippen molar-refractivity contribution in [3.05, 3.63) is 103 Å². The van der Waals surface area contributed by atoms with Crippen molar-refractivity contribution in [3.8, 4) is 11.5 Å². The zero-order valence-corrected chi connectivity index (χ0v) is 34.6. The molecule has 6 aromatic rings. The molecule has 0 spiro atoms. The molecule has 22 nitrogen and oxygen atoms in total. The Balaban J connectivity index is 1.15. The zero-order chi connectivity index (χ0) is 45.6. The Labute approximate surface area is 356 Å². The average molecular weight is 919 g/mol. The third-order valence-corrected chi connectivity index (χ3v) is 12.0. The number of carboxylic acid groups (broad SMARTS) is 1. The number of carbonyl (C=O) groups is 2. The van der Waals surface area contributed by atoms with E-state index in [4.69, 9.17) is 4.74 Å². The molecule has 1 unspecified atom stereocenters. The van der Waals surface area contributed by atoms with Crippen LogP contribution in [0, 0.1) is 6.92 Å². The first-order valence-corrected chi connectivity index (χ1v) is 22.0. The Morgan fingerprint density at radius 3 is 2.11 bits per heavy atom. The van der Waals surface area contributed by atoms with E-state index in [1.54, 1.807) is 31.2 Å². The Hall–Kier alpha value is -7.42. The van der Waals surface area contributed by atoms with Crippen LogP contribution in [0.25, 0.3) is 21.5 Å². The first-order valence-electron chi connectivity index (χ1n) is 17.7. The Morgan fingerprint density at radius 1 is 0.762 bits per heavy atom. The van der Waals surface area contributed by atoms with Gasteiger partial charge in [-0.25, -0.2) is 4.79 Å². The summed E-state index contributed by atoms with van der Waals surface area (Å²) in [7, 11) is -13.0. The van der Waals surface area contributed by atoms with Crippen LogP contribution in [0.4, 0.5) is 34.1 Å². The molecule has 0 saturated carbocycles. The molecular formula is C38H30N8O14S3. The lowest BCUT2D eigenvalue weighted by molar-refractivity contribution is -0.130. The number of phenolic OH excluding ortho intramolecular Hbond substituents is 1. The van der Waals surface area contributed by atoms with Crippen molar-refractivity contribution >= 4 is 104 Å². The molecule has 7 rings (SSSR count).